The standard InChI is InChI=1S/C31H31N3O3/c1-19-10-8-15-26(32-19)34-30(36)27-20(2)33-24-17-31(3,4)18-25(35)29(24)28(27)21-11-9-14-23(16-21)37-22-12-6-5-7-13-22/h5-16,28,33H,17-18H2,1-4H3,(H,32,34,36)/t28-/m1/s1. The molecule has 2 heterocycles. The summed E-state index contributed by atoms with van der Waals surface area (Å²) in [5.41, 5.74) is 4.27. The molecule has 0 saturated carbocycles. The van der Waals surface area contributed by atoms with Gasteiger partial charge in [0, 0.05) is 40.6 Å². The van der Waals surface area contributed by atoms with Crippen molar-refractivity contribution in [2.45, 2.75) is 46.5 Å². The van der Waals surface area contributed by atoms with E-state index in [1.807, 2.05) is 80.6 Å². The van der Waals surface area contributed by atoms with Crippen molar-refractivity contribution in [3.63, 3.8) is 0 Å². The van der Waals surface area contributed by atoms with Gasteiger partial charge >= 0.3 is 0 Å². The third-order valence-electron chi connectivity index (χ3n) is 6.78. The molecule has 37 heavy (non-hydrogen) atoms. The molecule has 1 atom stereocenters. The molecule has 0 spiro atoms. The van der Waals surface area contributed by atoms with Gasteiger partial charge < -0.3 is 15.4 Å². The highest BCUT2D eigenvalue weighted by atomic mass is 16.5. The molecule has 188 valence electrons. The Hall–Kier alpha value is -4.19. The number of nitrogens with one attached hydrogen (secondary N) is 2. The summed E-state index contributed by atoms with van der Waals surface area (Å²) in [7, 11) is 0. The quantitative estimate of drug-likeness (QED) is 0.428. The van der Waals surface area contributed by atoms with Gasteiger partial charge in [-0.15, -0.1) is 0 Å². The Morgan fingerprint density at radius 2 is 1.70 bits per heavy atom. The summed E-state index contributed by atoms with van der Waals surface area (Å²) in [4.78, 5) is 31.8. The van der Waals surface area contributed by atoms with Crippen LogP contribution < -0.4 is 15.4 Å². The van der Waals surface area contributed by atoms with E-state index in [0.29, 0.717) is 29.1 Å². The van der Waals surface area contributed by atoms with E-state index in [-0.39, 0.29) is 17.1 Å². The van der Waals surface area contributed by atoms with Crippen molar-refractivity contribution in [2.24, 2.45) is 5.41 Å². The number of allylic oxidation sites excluding steroid dienone is 3. The molecule has 3 aromatic rings. The zero-order valence-corrected chi connectivity index (χ0v) is 21.6. The third kappa shape index (κ3) is 5.19. The van der Waals surface area contributed by atoms with Gasteiger partial charge in [-0.1, -0.05) is 50.2 Å². The molecule has 2 aliphatic rings. The number of anilines is 1. The number of ketones is 1. The lowest BCUT2D eigenvalue weighted by Gasteiger charge is -2.39. The van der Waals surface area contributed by atoms with Crippen molar-refractivity contribution >= 4 is 17.5 Å². The van der Waals surface area contributed by atoms with Crippen LogP contribution in [0.15, 0.2) is 95.3 Å². The molecule has 6 heteroatoms. The highest BCUT2D eigenvalue weighted by Crippen LogP contribution is 2.47. The number of ether oxygens (including phenoxy) is 1. The van der Waals surface area contributed by atoms with E-state index >= 15 is 0 Å². The van der Waals surface area contributed by atoms with Gasteiger partial charge in [0.25, 0.3) is 5.91 Å². The third-order valence-corrected chi connectivity index (χ3v) is 6.78. The fraction of sp³-hybridized carbons (Fsp3) is 0.258. The van der Waals surface area contributed by atoms with Gasteiger partial charge in [0.15, 0.2) is 5.78 Å². The van der Waals surface area contributed by atoms with E-state index in [2.05, 4.69) is 29.5 Å². The molecule has 2 N–H and O–H groups in total. The molecule has 1 aliphatic carbocycles. The summed E-state index contributed by atoms with van der Waals surface area (Å²) in [6.07, 6.45) is 1.16. The maximum atomic E-state index is 13.7. The molecule has 0 bridgehead atoms. The van der Waals surface area contributed by atoms with E-state index in [4.69, 9.17) is 4.74 Å². The van der Waals surface area contributed by atoms with E-state index in [1.54, 1.807) is 6.07 Å². The maximum Gasteiger partial charge on any atom is 0.255 e. The molecule has 5 rings (SSSR count). The van der Waals surface area contributed by atoms with Crippen LogP contribution >= 0.6 is 0 Å². The van der Waals surface area contributed by atoms with E-state index < -0.39 is 5.92 Å². The molecule has 1 aliphatic heterocycles. The predicted octanol–water partition coefficient (Wildman–Crippen LogP) is 6.43. The van der Waals surface area contributed by atoms with Crippen LogP contribution in [0.2, 0.25) is 0 Å². The minimum absolute atomic E-state index is 0.0598. The van der Waals surface area contributed by atoms with Crippen molar-refractivity contribution in [3.05, 3.63) is 107 Å². The number of carbonyl (C=O) groups excluding carboxylic acids is 2. The first-order valence-electron chi connectivity index (χ1n) is 12.5. The second kappa shape index (κ2) is 9.69. The first-order valence-corrected chi connectivity index (χ1v) is 12.5. The van der Waals surface area contributed by atoms with E-state index in [1.165, 1.54) is 0 Å². The molecule has 0 radical (unpaired) electrons. The zero-order valence-electron chi connectivity index (χ0n) is 21.6. The number of rotatable bonds is 5. The van der Waals surface area contributed by atoms with Crippen LogP contribution in [0, 0.1) is 12.3 Å². The number of carbonyl (C=O) groups is 2. The second-order valence-corrected chi connectivity index (χ2v) is 10.5. The Labute approximate surface area is 217 Å². The highest BCUT2D eigenvalue weighted by molar-refractivity contribution is 6.09. The topological polar surface area (TPSA) is 80.3 Å². The van der Waals surface area contributed by atoms with Gasteiger partial charge in [-0.2, -0.15) is 0 Å². The van der Waals surface area contributed by atoms with E-state index in [9.17, 15) is 9.59 Å². The largest absolute Gasteiger partial charge is 0.457 e. The van der Waals surface area contributed by atoms with Gasteiger partial charge in [0.05, 0.1) is 0 Å². The van der Waals surface area contributed by atoms with Gasteiger partial charge in [0.1, 0.15) is 17.3 Å². The van der Waals surface area contributed by atoms with Gasteiger partial charge in [-0.25, -0.2) is 4.98 Å². The zero-order chi connectivity index (χ0) is 26.2. The van der Waals surface area contributed by atoms with Crippen LogP contribution in [-0.2, 0) is 9.59 Å². The first kappa shape index (κ1) is 24.5. The Bertz CT molecular complexity index is 1440. The minimum Gasteiger partial charge on any atom is -0.457 e. The van der Waals surface area contributed by atoms with Gasteiger partial charge in [-0.05, 0) is 67.6 Å². The molecule has 1 amide bonds. The van der Waals surface area contributed by atoms with Crippen molar-refractivity contribution in [2.75, 3.05) is 5.32 Å². The summed E-state index contributed by atoms with van der Waals surface area (Å²) < 4.78 is 6.09. The smallest absolute Gasteiger partial charge is 0.255 e. The summed E-state index contributed by atoms with van der Waals surface area (Å²) in [6, 6.07) is 22.7. The Morgan fingerprint density at radius 1 is 0.973 bits per heavy atom. The fourth-order valence-corrected chi connectivity index (χ4v) is 5.25. The molecule has 0 fully saturated rings. The molecule has 6 nitrogen and oxygen atoms in total. The number of Topliss-reactive ketones (excluding diaryl/α,β-unsaturated/α-hetero) is 1. The predicted molar refractivity (Wildman–Crippen MR) is 144 cm³/mol. The van der Waals surface area contributed by atoms with Gasteiger partial charge in [0.2, 0.25) is 0 Å². The van der Waals surface area contributed by atoms with Crippen LogP contribution in [0.25, 0.3) is 0 Å². The van der Waals surface area contributed by atoms with Crippen LogP contribution in [0.4, 0.5) is 5.82 Å². The molecule has 1 aromatic heterocycles. The number of pyridine rings is 1. The van der Waals surface area contributed by atoms with Crippen LogP contribution in [0.3, 0.4) is 0 Å². The lowest BCUT2D eigenvalue weighted by Crippen LogP contribution is -2.39. The average molecular weight is 494 g/mol. The number of benzene rings is 2. The van der Waals surface area contributed by atoms with Crippen LogP contribution in [0.5, 0.6) is 11.5 Å². The molecule has 2 aromatic carbocycles. The summed E-state index contributed by atoms with van der Waals surface area (Å²) in [6.45, 7) is 7.98. The number of aryl methyl sites for hydroxylation is 1. The maximum absolute atomic E-state index is 13.7. The van der Waals surface area contributed by atoms with Crippen molar-refractivity contribution < 1.29 is 14.3 Å². The molecule has 0 unspecified atom stereocenters. The number of nitrogens with zero attached hydrogens (tertiary/aromatic N) is 1. The molecular formula is C31H31N3O3. The Morgan fingerprint density at radius 3 is 2.46 bits per heavy atom. The number of hydrogen-bond acceptors (Lipinski definition) is 5. The lowest BCUT2D eigenvalue weighted by atomic mass is 9.68. The summed E-state index contributed by atoms with van der Waals surface area (Å²) in [5, 5.41) is 6.36. The first-order chi connectivity index (χ1) is 17.7. The minimum atomic E-state index is -0.524. The Balaban J connectivity index is 1.58. The summed E-state index contributed by atoms with van der Waals surface area (Å²) >= 11 is 0. The number of hydrogen-bond donors (Lipinski definition) is 2. The molecule has 0 saturated heterocycles. The summed E-state index contributed by atoms with van der Waals surface area (Å²) in [5.74, 6) is 1.09. The number of aromatic nitrogens is 1. The van der Waals surface area contributed by atoms with Crippen molar-refractivity contribution in [3.8, 4) is 11.5 Å². The number of amides is 1. The highest BCUT2D eigenvalue weighted by Gasteiger charge is 2.42. The normalized spacial score (nSPS) is 18.7. The second-order valence-electron chi connectivity index (χ2n) is 10.5. The Kier molecular flexibility index (Phi) is 6.42. The van der Waals surface area contributed by atoms with E-state index in [0.717, 1.165) is 34.8 Å². The molecular weight excluding hydrogens is 462 g/mol. The number of para-hydroxylation sites is 1. The van der Waals surface area contributed by atoms with Gasteiger partial charge in [-0.3, -0.25) is 9.59 Å². The van der Waals surface area contributed by atoms with Crippen LogP contribution in [-0.4, -0.2) is 16.7 Å². The SMILES string of the molecule is CC1=C(C(=O)Nc2cccc(C)n2)[C@@H](c2cccc(Oc3ccccc3)c2)C2=C(CC(C)(C)CC2=O)N1. The fourth-order valence-electron chi connectivity index (χ4n) is 5.25. The van der Waals surface area contributed by atoms with Crippen molar-refractivity contribution in [1.82, 2.24) is 10.3 Å². The number of dihydropyridines is 1. The lowest BCUT2D eigenvalue weighted by molar-refractivity contribution is -0.118. The average Bonchev–Trinajstić information content (AvgIpc) is 2.83. The monoisotopic (exact) mass is 493 g/mol. The van der Waals surface area contributed by atoms with Crippen LogP contribution in [0.1, 0.15) is 50.8 Å². The van der Waals surface area contributed by atoms with Crippen molar-refractivity contribution in [1.29, 1.82) is 0 Å².